The van der Waals surface area contributed by atoms with Crippen molar-refractivity contribution < 1.29 is 4.79 Å². The first-order chi connectivity index (χ1) is 6.83. The molecule has 0 aliphatic heterocycles. The van der Waals surface area contributed by atoms with E-state index in [2.05, 4.69) is 11.9 Å². The summed E-state index contributed by atoms with van der Waals surface area (Å²) >= 11 is 1.56. The Hall–Kier alpha value is -0.700. The van der Waals surface area contributed by atoms with Crippen LogP contribution in [0.4, 0.5) is 0 Å². The van der Waals surface area contributed by atoms with Crippen molar-refractivity contribution in [1.82, 2.24) is 4.98 Å². The molecule has 3 heteroatoms. The standard InChI is InChI=1S/C11H15NOS/c1-2-8-3-4-9(5-8)11-12-6-10(7-13)14-11/h6-9H,2-5H2,1H3. The molecule has 0 radical (unpaired) electrons. The molecule has 1 aromatic heterocycles. The first kappa shape index (κ1) is 9.84. The summed E-state index contributed by atoms with van der Waals surface area (Å²) in [6.45, 7) is 2.26. The molecule has 0 N–H and O–H groups in total. The van der Waals surface area contributed by atoms with Crippen molar-refractivity contribution in [3.63, 3.8) is 0 Å². The number of rotatable bonds is 3. The van der Waals surface area contributed by atoms with Gasteiger partial charge in [-0.05, 0) is 25.2 Å². The molecule has 2 nitrogen and oxygen atoms in total. The molecule has 1 fully saturated rings. The third kappa shape index (κ3) is 1.87. The number of hydrogen-bond acceptors (Lipinski definition) is 3. The van der Waals surface area contributed by atoms with Crippen LogP contribution in [0.2, 0.25) is 0 Å². The molecule has 76 valence electrons. The second kappa shape index (κ2) is 4.22. The monoisotopic (exact) mass is 209 g/mol. The molecule has 2 rings (SSSR count). The van der Waals surface area contributed by atoms with Crippen LogP contribution in [0.5, 0.6) is 0 Å². The predicted molar refractivity (Wildman–Crippen MR) is 57.9 cm³/mol. The van der Waals surface area contributed by atoms with Crippen molar-refractivity contribution in [1.29, 1.82) is 0 Å². The molecule has 0 aromatic carbocycles. The summed E-state index contributed by atoms with van der Waals surface area (Å²) in [6.07, 6.45) is 7.73. The Kier molecular flexibility index (Phi) is 2.96. The van der Waals surface area contributed by atoms with Gasteiger partial charge in [0.05, 0.1) is 9.88 Å². The quantitative estimate of drug-likeness (QED) is 0.715. The molecule has 1 aromatic rings. The van der Waals surface area contributed by atoms with Crippen molar-refractivity contribution >= 4 is 17.6 Å². The maximum Gasteiger partial charge on any atom is 0.161 e. The van der Waals surface area contributed by atoms with E-state index in [0.717, 1.165) is 17.1 Å². The summed E-state index contributed by atoms with van der Waals surface area (Å²) in [5.41, 5.74) is 0. The van der Waals surface area contributed by atoms with E-state index in [-0.39, 0.29) is 0 Å². The van der Waals surface area contributed by atoms with Crippen LogP contribution in [-0.2, 0) is 0 Å². The number of aldehydes is 1. The topological polar surface area (TPSA) is 30.0 Å². The Labute approximate surface area is 88.4 Å². The summed E-state index contributed by atoms with van der Waals surface area (Å²) in [7, 11) is 0. The molecule has 1 aliphatic carbocycles. The minimum absolute atomic E-state index is 0.624. The van der Waals surface area contributed by atoms with Gasteiger partial charge in [0, 0.05) is 12.1 Å². The van der Waals surface area contributed by atoms with Crippen LogP contribution in [-0.4, -0.2) is 11.3 Å². The van der Waals surface area contributed by atoms with Gasteiger partial charge < -0.3 is 0 Å². The third-order valence-corrected chi connectivity index (χ3v) is 4.21. The van der Waals surface area contributed by atoms with Crippen LogP contribution in [0.3, 0.4) is 0 Å². The fourth-order valence-electron chi connectivity index (χ4n) is 2.21. The minimum atomic E-state index is 0.624. The Morgan fingerprint density at radius 3 is 3.07 bits per heavy atom. The summed E-state index contributed by atoms with van der Waals surface area (Å²) in [5.74, 6) is 1.50. The van der Waals surface area contributed by atoms with E-state index < -0.39 is 0 Å². The van der Waals surface area contributed by atoms with Gasteiger partial charge in [-0.3, -0.25) is 4.79 Å². The SMILES string of the molecule is CCC1CCC(c2ncc(C=O)s2)C1. The van der Waals surface area contributed by atoms with Crippen molar-refractivity contribution in [2.45, 2.75) is 38.5 Å². The number of carbonyl (C=O) groups excluding carboxylic acids is 1. The lowest BCUT2D eigenvalue weighted by molar-refractivity contribution is 0.112. The highest BCUT2D eigenvalue weighted by atomic mass is 32.1. The third-order valence-electron chi connectivity index (χ3n) is 3.13. The van der Waals surface area contributed by atoms with Crippen LogP contribution >= 0.6 is 11.3 Å². The fraction of sp³-hybridized carbons (Fsp3) is 0.636. The van der Waals surface area contributed by atoms with Gasteiger partial charge in [-0.15, -0.1) is 11.3 Å². The molecule has 1 aliphatic rings. The molecule has 0 amide bonds. The first-order valence-electron chi connectivity index (χ1n) is 5.24. The maximum atomic E-state index is 10.5. The van der Waals surface area contributed by atoms with Crippen molar-refractivity contribution in [2.75, 3.05) is 0 Å². The van der Waals surface area contributed by atoms with Crippen LogP contribution in [0.25, 0.3) is 0 Å². The number of nitrogens with zero attached hydrogens (tertiary/aromatic N) is 1. The van der Waals surface area contributed by atoms with Crippen LogP contribution in [0.1, 0.15) is 53.2 Å². The van der Waals surface area contributed by atoms with E-state index in [0.29, 0.717) is 5.92 Å². The van der Waals surface area contributed by atoms with Crippen LogP contribution < -0.4 is 0 Å². The van der Waals surface area contributed by atoms with E-state index in [1.807, 2.05) is 0 Å². The second-order valence-electron chi connectivity index (χ2n) is 4.00. The highest BCUT2D eigenvalue weighted by molar-refractivity contribution is 7.13. The Morgan fingerprint density at radius 2 is 2.50 bits per heavy atom. The maximum absolute atomic E-state index is 10.5. The van der Waals surface area contributed by atoms with Gasteiger partial charge in [0.15, 0.2) is 6.29 Å². The number of hydrogen-bond donors (Lipinski definition) is 0. The van der Waals surface area contributed by atoms with E-state index in [4.69, 9.17) is 0 Å². The average molecular weight is 209 g/mol. The average Bonchev–Trinajstić information content (AvgIpc) is 2.86. The first-order valence-corrected chi connectivity index (χ1v) is 6.06. The number of thiazole rings is 1. The van der Waals surface area contributed by atoms with E-state index in [9.17, 15) is 4.79 Å². The summed E-state index contributed by atoms with van der Waals surface area (Å²) in [5, 5.41) is 1.17. The molecular formula is C11H15NOS. The largest absolute Gasteiger partial charge is 0.297 e. The number of aromatic nitrogens is 1. The summed E-state index contributed by atoms with van der Waals surface area (Å²) in [4.78, 5) is 15.6. The molecule has 14 heavy (non-hydrogen) atoms. The van der Waals surface area contributed by atoms with Crippen molar-refractivity contribution in [2.24, 2.45) is 5.92 Å². The van der Waals surface area contributed by atoms with Gasteiger partial charge in [-0.25, -0.2) is 4.98 Å². The van der Waals surface area contributed by atoms with Crippen LogP contribution in [0.15, 0.2) is 6.20 Å². The highest BCUT2D eigenvalue weighted by Gasteiger charge is 2.26. The van der Waals surface area contributed by atoms with Gasteiger partial charge in [0.1, 0.15) is 0 Å². The Morgan fingerprint density at radius 1 is 1.64 bits per heavy atom. The molecule has 0 bridgehead atoms. The molecule has 1 saturated carbocycles. The molecule has 0 spiro atoms. The Balaban J connectivity index is 2.05. The van der Waals surface area contributed by atoms with Crippen molar-refractivity contribution in [3.05, 3.63) is 16.1 Å². The molecular weight excluding hydrogens is 194 g/mol. The van der Waals surface area contributed by atoms with Crippen LogP contribution in [0, 0.1) is 5.92 Å². The lowest BCUT2D eigenvalue weighted by Gasteiger charge is -2.05. The molecule has 2 atom stereocenters. The van der Waals surface area contributed by atoms with Gasteiger partial charge in [-0.1, -0.05) is 13.3 Å². The summed E-state index contributed by atoms with van der Waals surface area (Å²) in [6, 6.07) is 0. The zero-order valence-electron chi connectivity index (χ0n) is 8.40. The fourth-order valence-corrected chi connectivity index (χ4v) is 3.10. The minimum Gasteiger partial charge on any atom is -0.297 e. The lowest BCUT2D eigenvalue weighted by Crippen LogP contribution is -1.93. The highest BCUT2D eigenvalue weighted by Crippen LogP contribution is 2.40. The smallest absolute Gasteiger partial charge is 0.161 e. The van der Waals surface area contributed by atoms with Gasteiger partial charge in [-0.2, -0.15) is 0 Å². The van der Waals surface area contributed by atoms with E-state index in [1.165, 1.54) is 30.7 Å². The normalized spacial score (nSPS) is 26.6. The number of carbonyl (C=O) groups is 1. The zero-order valence-corrected chi connectivity index (χ0v) is 9.22. The van der Waals surface area contributed by atoms with Crippen molar-refractivity contribution in [3.8, 4) is 0 Å². The molecule has 1 heterocycles. The van der Waals surface area contributed by atoms with Gasteiger partial charge in [0.2, 0.25) is 0 Å². The van der Waals surface area contributed by atoms with Gasteiger partial charge >= 0.3 is 0 Å². The zero-order chi connectivity index (χ0) is 9.97. The predicted octanol–water partition coefficient (Wildman–Crippen LogP) is 3.25. The molecule has 2 unspecified atom stereocenters. The molecule has 0 saturated heterocycles. The Bertz CT molecular complexity index is 321. The lowest BCUT2D eigenvalue weighted by atomic mass is 10.0. The van der Waals surface area contributed by atoms with E-state index >= 15 is 0 Å². The second-order valence-corrected chi connectivity index (χ2v) is 5.10. The van der Waals surface area contributed by atoms with E-state index in [1.54, 1.807) is 17.5 Å². The van der Waals surface area contributed by atoms with Gasteiger partial charge in [0.25, 0.3) is 0 Å². The summed E-state index contributed by atoms with van der Waals surface area (Å²) < 4.78 is 0.